The van der Waals surface area contributed by atoms with Gasteiger partial charge in [0.05, 0.1) is 46.1 Å². The Morgan fingerprint density at radius 2 is 1.03 bits per heavy atom. The van der Waals surface area contributed by atoms with Crippen LogP contribution in [0.1, 0.15) is 122 Å². The number of ether oxygens (including phenoxy) is 2. The van der Waals surface area contributed by atoms with Crippen molar-refractivity contribution in [3.05, 3.63) is 147 Å². The molecule has 3 rings (SSSR count). The molecule has 0 fully saturated rings. The van der Waals surface area contributed by atoms with Crippen molar-refractivity contribution in [2.24, 2.45) is 0 Å². The molecule has 66 heavy (non-hydrogen) atoms. The van der Waals surface area contributed by atoms with Crippen molar-refractivity contribution >= 4 is 67.6 Å². The summed E-state index contributed by atoms with van der Waals surface area (Å²) in [6.45, 7) is 37.3. The van der Waals surface area contributed by atoms with Crippen molar-refractivity contribution in [3.8, 4) is 0 Å². The average molecular weight is 924 g/mol. The Morgan fingerprint density at radius 3 is 1.39 bits per heavy atom. The standard InChI is InChI=1S/C16H17NO2.C11H9NO.C9H19O5P.C8H5NO.C8H16O/c1-5-19-16(18)13(3)10-12(2)11-14-6-8-15(17-4)9-7-14;1-9(8-13)7-10-3-5-11(12-2)6-4-10;1-5-12-9(10)8(4)15(11,13-6-2)14-7-3;1-9-8-4-2-7(6-10)3-5-8;1-2-3-4-5-6-7-8-9/h6-11H,5H2,1-3H3;3-8H,1H3;8H,5-7H2,1-4H3;2-6H;8H,2-7H2,1H3/b12-11+,13-10+;9-7+;;;. The van der Waals surface area contributed by atoms with E-state index in [-0.39, 0.29) is 25.8 Å². The molecule has 0 radical (unpaired) electrons. The molecular weight excluding hydrogens is 858 g/mol. The normalized spacial score (nSPS) is 11.2. The van der Waals surface area contributed by atoms with Gasteiger partial charge in [-0.1, -0.05) is 117 Å². The van der Waals surface area contributed by atoms with E-state index in [9.17, 15) is 28.5 Å². The van der Waals surface area contributed by atoms with Gasteiger partial charge in [-0.05, 0) is 90.7 Å². The van der Waals surface area contributed by atoms with Crippen molar-refractivity contribution in [1.82, 2.24) is 0 Å². The zero-order valence-electron chi connectivity index (χ0n) is 39.9. The predicted octanol–water partition coefficient (Wildman–Crippen LogP) is 13.8. The SMILES string of the molecule is CCCCCCCC=O.CCOC(=O)C(C)P(=O)(OCC)OCC.[C-]#[N+]c1ccc(/C=C(C)/C=C(\C)C(=O)OCC)cc1.[C-]#[N+]c1ccc(/C=C(\C)C=O)cc1.[C-]#[N+]c1ccc(C=O)cc1. The van der Waals surface area contributed by atoms with Crippen molar-refractivity contribution in [3.63, 3.8) is 0 Å². The number of unbranched alkanes of at least 4 members (excludes halogenated alkanes) is 5. The molecule has 354 valence electrons. The number of carbonyl (C=O) groups excluding carboxylic acids is 5. The molecule has 0 saturated heterocycles. The molecule has 0 aliphatic carbocycles. The number of aldehydes is 3. The highest BCUT2D eigenvalue weighted by Crippen LogP contribution is 2.53. The first-order valence-corrected chi connectivity index (χ1v) is 23.3. The molecule has 1 unspecified atom stereocenters. The minimum atomic E-state index is -3.37. The van der Waals surface area contributed by atoms with Gasteiger partial charge in [-0.15, -0.1) is 0 Å². The van der Waals surface area contributed by atoms with E-state index >= 15 is 0 Å². The highest BCUT2D eigenvalue weighted by molar-refractivity contribution is 7.55. The minimum Gasteiger partial charge on any atom is -0.465 e. The summed E-state index contributed by atoms with van der Waals surface area (Å²) < 4.78 is 31.8. The fourth-order valence-electron chi connectivity index (χ4n) is 5.01. The number of hydrogen-bond donors (Lipinski definition) is 0. The molecule has 0 N–H and O–H groups in total. The summed E-state index contributed by atoms with van der Waals surface area (Å²) >= 11 is 0. The first kappa shape index (κ1) is 61.5. The summed E-state index contributed by atoms with van der Waals surface area (Å²) in [5.41, 5.74) is 5.67. The maximum atomic E-state index is 12.1. The molecule has 13 nitrogen and oxygen atoms in total. The van der Waals surface area contributed by atoms with Crippen LogP contribution < -0.4 is 0 Å². The van der Waals surface area contributed by atoms with E-state index in [1.54, 1.807) is 102 Å². The second-order valence-electron chi connectivity index (χ2n) is 13.8. The van der Waals surface area contributed by atoms with E-state index in [4.69, 9.17) is 38.2 Å². The summed E-state index contributed by atoms with van der Waals surface area (Å²) in [6.07, 6.45) is 15.1. The maximum absolute atomic E-state index is 12.1. The van der Waals surface area contributed by atoms with Crippen molar-refractivity contribution in [1.29, 1.82) is 0 Å². The number of rotatable bonds is 20. The van der Waals surface area contributed by atoms with E-state index in [0.717, 1.165) is 48.4 Å². The Labute approximate surface area is 392 Å². The summed E-state index contributed by atoms with van der Waals surface area (Å²) in [5.74, 6) is -0.846. The van der Waals surface area contributed by atoms with Crippen LogP contribution in [-0.2, 0) is 42.3 Å². The molecule has 0 saturated carbocycles. The van der Waals surface area contributed by atoms with Gasteiger partial charge in [0.15, 0.2) is 22.7 Å². The maximum Gasteiger partial charge on any atom is 0.344 e. The third-order valence-corrected chi connectivity index (χ3v) is 10.8. The minimum absolute atomic E-state index is 0.237. The van der Waals surface area contributed by atoms with E-state index in [1.807, 2.05) is 37.3 Å². The van der Waals surface area contributed by atoms with E-state index < -0.39 is 19.2 Å². The van der Waals surface area contributed by atoms with Crippen LogP contribution in [0, 0.1) is 19.7 Å². The summed E-state index contributed by atoms with van der Waals surface area (Å²) in [5, 5.41) is 0. The van der Waals surface area contributed by atoms with Crippen LogP contribution in [0.4, 0.5) is 17.1 Å². The van der Waals surface area contributed by atoms with Crippen molar-refractivity contribution < 1.29 is 47.1 Å². The average Bonchev–Trinajstić information content (AvgIpc) is 3.32. The van der Waals surface area contributed by atoms with E-state index in [0.29, 0.717) is 40.4 Å². The molecule has 3 aromatic carbocycles. The molecule has 0 aliphatic rings. The molecule has 1 atom stereocenters. The molecule has 0 bridgehead atoms. The second-order valence-corrected chi connectivity index (χ2v) is 16.2. The predicted molar refractivity (Wildman–Crippen MR) is 264 cm³/mol. The van der Waals surface area contributed by atoms with Crippen LogP contribution in [0.15, 0.2) is 95.6 Å². The lowest BCUT2D eigenvalue weighted by molar-refractivity contribution is -0.142. The Balaban J connectivity index is 0. The molecule has 0 aromatic heterocycles. The van der Waals surface area contributed by atoms with Crippen LogP contribution in [0.25, 0.3) is 26.7 Å². The third kappa shape index (κ3) is 29.0. The molecular formula is C52H66N3O10P. The van der Waals surface area contributed by atoms with Crippen LogP contribution in [-0.4, -0.2) is 62.9 Å². The Bertz CT molecular complexity index is 2150. The lowest BCUT2D eigenvalue weighted by Crippen LogP contribution is -2.22. The van der Waals surface area contributed by atoms with Gasteiger partial charge in [-0.2, -0.15) is 0 Å². The van der Waals surface area contributed by atoms with Crippen LogP contribution in [0.5, 0.6) is 0 Å². The zero-order chi connectivity index (χ0) is 50.2. The fourth-order valence-corrected chi connectivity index (χ4v) is 6.58. The largest absolute Gasteiger partial charge is 0.465 e. The smallest absolute Gasteiger partial charge is 0.344 e. The zero-order valence-corrected chi connectivity index (χ0v) is 40.8. The van der Waals surface area contributed by atoms with Crippen LogP contribution in [0.2, 0.25) is 0 Å². The highest BCUT2D eigenvalue weighted by Gasteiger charge is 2.38. The summed E-state index contributed by atoms with van der Waals surface area (Å²) in [6, 6.07) is 20.9. The first-order chi connectivity index (χ1) is 31.6. The van der Waals surface area contributed by atoms with Gasteiger partial charge in [0.1, 0.15) is 18.9 Å². The Morgan fingerprint density at radius 1 is 0.606 bits per heavy atom. The van der Waals surface area contributed by atoms with Gasteiger partial charge in [0.25, 0.3) is 0 Å². The van der Waals surface area contributed by atoms with Crippen LogP contribution >= 0.6 is 7.60 Å². The number of benzene rings is 3. The first-order valence-electron chi connectivity index (χ1n) is 21.7. The number of hydrogen-bond acceptors (Lipinski definition) is 10. The van der Waals surface area contributed by atoms with Gasteiger partial charge in [-0.3, -0.25) is 18.9 Å². The fraction of sp³-hybridized carbons (Fsp3) is 0.385. The molecule has 0 aliphatic heterocycles. The number of allylic oxidation sites excluding steroid dienone is 3. The quantitative estimate of drug-likeness (QED) is 0.0204. The Kier molecular flexibility index (Phi) is 36.2. The number of nitrogens with zero attached hydrogens (tertiary/aromatic N) is 3. The number of carbonyl (C=O) groups is 5. The van der Waals surface area contributed by atoms with Crippen LogP contribution in [0.3, 0.4) is 0 Å². The van der Waals surface area contributed by atoms with Crippen molar-refractivity contribution in [2.45, 2.75) is 106 Å². The van der Waals surface area contributed by atoms with E-state index in [1.165, 1.54) is 32.6 Å². The van der Waals surface area contributed by atoms with Gasteiger partial charge < -0.3 is 23.3 Å². The molecule has 0 amide bonds. The monoisotopic (exact) mass is 923 g/mol. The number of esters is 2. The van der Waals surface area contributed by atoms with E-state index in [2.05, 4.69) is 21.5 Å². The molecule has 0 spiro atoms. The lowest BCUT2D eigenvalue weighted by atomic mass is 10.1. The Hall–Kier alpha value is -6.55. The van der Waals surface area contributed by atoms with Crippen molar-refractivity contribution in [2.75, 3.05) is 26.4 Å². The highest BCUT2D eigenvalue weighted by atomic mass is 31.2. The van der Waals surface area contributed by atoms with Gasteiger partial charge in [0.2, 0.25) is 0 Å². The molecule has 3 aromatic rings. The second kappa shape index (κ2) is 38.9. The third-order valence-electron chi connectivity index (χ3n) is 8.36. The molecule has 0 heterocycles. The lowest BCUT2D eigenvalue weighted by Gasteiger charge is -2.21. The van der Waals surface area contributed by atoms with Gasteiger partial charge in [0, 0.05) is 17.6 Å². The molecule has 14 heteroatoms. The topological polar surface area (TPSA) is 152 Å². The van der Waals surface area contributed by atoms with Gasteiger partial charge in [-0.25, -0.2) is 19.3 Å². The summed E-state index contributed by atoms with van der Waals surface area (Å²) in [7, 11) is -3.37. The van der Waals surface area contributed by atoms with Gasteiger partial charge >= 0.3 is 19.5 Å². The summed E-state index contributed by atoms with van der Waals surface area (Å²) in [4.78, 5) is 62.9.